The summed E-state index contributed by atoms with van der Waals surface area (Å²) in [5.41, 5.74) is 3.41. The van der Waals surface area contributed by atoms with Crippen LogP contribution < -0.4 is 5.43 Å². The van der Waals surface area contributed by atoms with Gasteiger partial charge < -0.3 is 0 Å². The van der Waals surface area contributed by atoms with Crippen LogP contribution in [0.3, 0.4) is 0 Å². The Labute approximate surface area is 76.3 Å². The summed E-state index contributed by atoms with van der Waals surface area (Å²) in [6.07, 6.45) is 9.82. The van der Waals surface area contributed by atoms with Gasteiger partial charge in [0.1, 0.15) is 0 Å². The lowest BCUT2D eigenvalue weighted by atomic mass is 10.1. The number of hydrazine groups is 1. The Morgan fingerprint density at radius 1 is 0.833 bits per heavy atom. The molecule has 0 saturated carbocycles. The van der Waals surface area contributed by atoms with Gasteiger partial charge in [0.05, 0.1) is 0 Å². The van der Waals surface area contributed by atoms with Crippen LogP contribution in [0.1, 0.15) is 44.9 Å². The molecule has 0 aliphatic carbocycles. The maximum atomic E-state index is 3.41. The van der Waals surface area contributed by atoms with Crippen LogP contribution in [0.2, 0.25) is 0 Å². The molecular formula is C10H22N2. The van der Waals surface area contributed by atoms with E-state index in [9.17, 15) is 0 Å². The zero-order valence-corrected chi connectivity index (χ0v) is 8.31. The fourth-order valence-electron chi connectivity index (χ4n) is 1.71. The summed E-state index contributed by atoms with van der Waals surface area (Å²) in [7, 11) is 2.15. The van der Waals surface area contributed by atoms with E-state index in [-0.39, 0.29) is 0 Å². The number of nitrogens with one attached hydrogen (secondary N) is 1. The highest BCUT2D eigenvalue weighted by Gasteiger charge is 1.99. The summed E-state index contributed by atoms with van der Waals surface area (Å²) in [6, 6.07) is 0. The summed E-state index contributed by atoms with van der Waals surface area (Å²) < 4.78 is 0. The van der Waals surface area contributed by atoms with Gasteiger partial charge in [0.15, 0.2) is 0 Å². The van der Waals surface area contributed by atoms with Crippen LogP contribution in [0.25, 0.3) is 0 Å². The van der Waals surface area contributed by atoms with Gasteiger partial charge in [-0.3, -0.25) is 5.43 Å². The Bertz CT molecular complexity index is 92.0. The number of rotatable bonds is 0. The van der Waals surface area contributed by atoms with Gasteiger partial charge in [0.25, 0.3) is 0 Å². The quantitative estimate of drug-likeness (QED) is 0.599. The van der Waals surface area contributed by atoms with Crippen molar-refractivity contribution in [2.75, 3.05) is 20.1 Å². The average Bonchev–Trinajstić information content (AvgIpc) is 2.11. The van der Waals surface area contributed by atoms with E-state index in [4.69, 9.17) is 0 Å². The second-order valence-electron chi connectivity index (χ2n) is 3.80. The van der Waals surface area contributed by atoms with Crippen LogP contribution >= 0.6 is 0 Å². The zero-order chi connectivity index (χ0) is 8.65. The molecular weight excluding hydrogens is 148 g/mol. The lowest BCUT2D eigenvalue weighted by molar-refractivity contribution is 0.230. The van der Waals surface area contributed by atoms with E-state index in [0.29, 0.717) is 0 Å². The molecule has 0 spiro atoms. The first-order chi connectivity index (χ1) is 5.89. The van der Waals surface area contributed by atoms with E-state index in [1.54, 1.807) is 0 Å². The summed E-state index contributed by atoms with van der Waals surface area (Å²) >= 11 is 0. The van der Waals surface area contributed by atoms with E-state index in [1.165, 1.54) is 51.5 Å². The first-order valence-electron chi connectivity index (χ1n) is 5.34. The monoisotopic (exact) mass is 170 g/mol. The van der Waals surface area contributed by atoms with Crippen molar-refractivity contribution in [3.05, 3.63) is 0 Å². The molecule has 1 aliphatic rings. The molecule has 1 N–H and O–H groups in total. The average molecular weight is 170 g/mol. The molecule has 1 rings (SSSR count). The van der Waals surface area contributed by atoms with Gasteiger partial charge in [-0.15, -0.1) is 0 Å². The Hall–Kier alpha value is -0.0800. The molecule has 0 radical (unpaired) electrons. The maximum absolute atomic E-state index is 3.41. The van der Waals surface area contributed by atoms with Crippen LogP contribution in [-0.2, 0) is 0 Å². The molecule has 72 valence electrons. The van der Waals surface area contributed by atoms with Gasteiger partial charge in [-0.2, -0.15) is 0 Å². The number of hydrogen-bond donors (Lipinski definition) is 1. The first-order valence-corrected chi connectivity index (χ1v) is 5.34. The van der Waals surface area contributed by atoms with E-state index in [2.05, 4.69) is 17.5 Å². The largest absolute Gasteiger partial charge is 0.255 e. The Morgan fingerprint density at radius 3 is 2.17 bits per heavy atom. The van der Waals surface area contributed by atoms with Crippen LogP contribution in [0.15, 0.2) is 0 Å². The SMILES string of the molecule is CN1CCCCCCCCCN1. The molecule has 1 saturated heterocycles. The highest BCUT2D eigenvalue weighted by atomic mass is 15.5. The summed E-state index contributed by atoms with van der Waals surface area (Å²) in [4.78, 5) is 0. The molecule has 2 heteroatoms. The van der Waals surface area contributed by atoms with Gasteiger partial charge in [-0.05, 0) is 12.8 Å². The minimum atomic E-state index is 1.16. The Kier molecular flexibility index (Phi) is 5.37. The number of hydrogen-bond acceptors (Lipinski definition) is 2. The molecule has 0 amide bonds. The summed E-state index contributed by atoms with van der Waals surface area (Å²) in [5.74, 6) is 0. The Balaban J connectivity index is 2.13. The number of nitrogens with zero attached hydrogens (tertiary/aromatic N) is 1. The van der Waals surface area contributed by atoms with Crippen LogP contribution in [0.4, 0.5) is 0 Å². The fraction of sp³-hybridized carbons (Fsp3) is 1.00. The third kappa shape index (κ3) is 4.73. The molecule has 1 heterocycles. The van der Waals surface area contributed by atoms with Gasteiger partial charge in [0.2, 0.25) is 0 Å². The van der Waals surface area contributed by atoms with Crippen molar-refractivity contribution in [1.82, 2.24) is 10.4 Å². The van der Waals surface area contributed by atoms with E-state index >= 15 is 0 Å². The first kappa shape index (κ1) is 10.0. The van der Waals surface area contributed by atoms with Crippen molar-refractivity contribution in [2.24, 2.45) is 0 Å². The standard InChI is InChI=1S/C10H22N2/c1-12-10-8-6-4-2-3-5-7-9-11-12/h11H,2-10H2,1H3. The molecule has 2 nitrogen and oxygen atoms in total. The van der Waals surface area contributed by atoms with Gasteiger partial charge in [-0.1, -0.05) is 32.1 Å². The topological polar surface area (TPSA) is 15.3 Å². The molecule has 0 atom stereocenters. The van der Waals surface area contributed by atoms with E-state index < -0.39 is 0 Å². The van der Waals surface area contributed by atoms with Crippen molar-refractivity contribution in [3.8, 4) is 0 Å². The molecule has 12 heavy (non-hydrogen) atoms. The van der Waals surface area contributed by atoms with E-state index in [0.717, 1.165) is 6.54 Å². The van der Waals surface area contributed by atoms with Crippen molar-refractivity contribution in [1.29, 1.82) is 0 Å². The highest BCUT2D eigenvalue weighted by molar-refractivity contribution is 4.53. The molecule has 0 aromatic carbocycles. The second kappa shape index (κ2) is 6.44. The van der Waals surface area contributed by atoms with Crippen LogP contribution in [0, 0.1) is 0 Å². The third-order valence-electron chi connectivity index (χ3n) is 2.55. The van der Waals surface area contributed by atoms with Gasteiger partial charge in [-0.25, -0.2) is 5.01 Å². The zero-order valence-electron chi connectivity index (χ0n) is 8.31. The predicted molar refractivity (Wildman–Crippen MR) is 53.0 cm³/mol. The lowest BCUT2D eigenvalue weighted by Gasteiger charge is -2.17. The second-order valence-corrected chi connectivity index (χ2v) is 3.80. The third-order valence-corrected chi connectivity index (χ3v) is 2.55. The summed E-state index contributed by atoms with van der Waals surface area (Å²) in [6.45, 7) is 2.37. The van der Waals surface area contributed by atoms with Gasteiger partial charge >= 0.3 is 0 Å². The Morgan fingerprint density at radius 2 is 1.42 bits per heavy atom. The van der Waals surface area contributed by atoms with Crippen molar-refractivity contribution >= 4 is 0 Å². The summed E-state index contributed by atoms with van der Waals surface area (Å²) in [5, 5.41) is 2.24. The molecule has 0 aromatic heterocycles. The normalized spacial score (nSPS) is 24.8. The molecule has 0 aromatic rings. The smallest absolute Gasteiger partial charge is 0.0127 e. The predicted octanol–water partition coefficient (Wildman–Crippen LogP) is 2.17. The van der Waals surface area contributed by atoms with Crippen molar-refractivity contribution < 1.29 is 0 Å². The van der Waals surface area contributed by atoms with Gasteiger partial charge in [0, 0.05) is 20.1 Å². The minimum absolute atomic E-state index is 1.16. The molecule has 1 fully saturated rings. The minimum Gasteiger partial charge on any atom is -0.255 e. The molecule has 1 aliphatic heterocycles. The van der Waals surface area contributed by atoms with Crippen molar-refractivity contribution in [2.45, 2.75) is 44.9 Å². The molecule has 0 bridgehead atoms. The highest BCUT2D eigenvalue weighted by Crippen LogP contribution is 2.08. The van der Waals surface area contributed by atoms with Crippen LogP contribution in [-0.4, -0.2) is 25.1 Å². The van der Waals surface area contributed by atoms with Crippen molar-refractivity contribution in [3.63, 3.8) is 0 Å². The lowest BCUT2D eigenvalue weighted by Crippen LogP contribution is -2.35. The van der Waals surface area contributed by atoms with Crippen LogP contribution in [0.5, 0.6) is 0 Å². The fourth-order valence-corrected chi connectivity index (χ4v) is 1.71. The molecule has 0 unspecified atom stereocenters. The van der Waals surface area contributed by atoms with E-state index in [1.807, 2.05) is 0 Å². The maximum Gasteiger partial charge on any atom is 0.0127 e.